The van der Waals surface area contributed by atoms with E-state index in [1.807, 2.05) is 13.8 Å². The number of imide groups is 1. The van der Waals surface area contributed by atoms with E-state index in [1.54, 1.807) is 23.6 Å². The molecule has 0 spiro atoms. The van der Waals surface area contributed by atoms with E-state index in [4.69, 9.17) is 0 Å². The molecule has 22 heavy (non-hydrogen) atoms. The van der Waals surface area contributed by atoms with Gasteiger partial charge in [0.05, 0.1) is 16.8 Å². The highest BCUT2D eigenvalue weighted by atomic mass is 32.1. The Morgan fingerprint density at radius 3 is 2.64 bits per heavy atom. The van der Waals surface area contributed by atoms with Crippen molar-refractivity contribution in [1.29, 1.82) is 0 Å². The molecule has 1 N–H and O–H groups in total. The van der Waals surface area contributed by atoms with Crippen LogP contribution in [0.2, 0.25) is 0 Å². The van der Waals surface area contributed by atoms with Crippen LogP contribution in [-0.4, -0.2) is 34.2 Å². The highest BCUT2D eigenvalue weighted by Crippen LogP contribution is 2.24. The quantitative estimate of drug-likeness (QED) is 0.879. The zero-order valence-corrected chi connectivity index (χ0v) is 12.9. The molecule has 0 bridgehead atoms. The summed E-state index contributed by atoms with van der Waals surface area (Å²) >= 11 is 1.30. The number of carbonyl (C=O) groups is 3. The molecule has 0 saturated carbocycles. The molecule has 1 aliphatic heterocycles. The Bertz CT molecular complexity index is 797. The average molecular weight is 315 g/mol. The molecule has 3 rings (SSSR count). The minimum absolute atomic E-state index is 0.315. The number of aromatic nitrogens is 1. The van der Waals surface area contributed by atoms with Crippen molar-refractivity contribution in [2.45, 2.75) is 13.8 Å². The smallest absolute Gasteiger partial charge is 0.262 e. The number of nitrogens with one attached hydrogen (secondary N) is 1. The van der Waals surface area contributed by atoms with Crippen LogP contribution in [0.5, 0.6) is 0 Å². The fourth-order valence-corrected chi connectivity index (χ4v) is 2.97. The number of aryl methyl sites for hydroxylation is 2. The summed E-state index contributed by atoms with van der Waals surface area (Å²) in [4.78, 5) is 41.6. The minimum atomic E-state index is -0.444. The van der Waals surface area contributed by atoms with Crippen molar-refractivity contribution in [2.75, 3.05) is 11.9 Å². The molecule has 7 heteroatoms. The van der Waals surface area contributed by atoms with Gasteiger partial charge in [0.25, 0.3) is 11.8 Å². The molecular weight excluding hydrogens is 302 g/mol. The summed E-state index contributed by atoms with van der Waals surface area (Å²) < 4.78 is 0. The summed E-state index contributed by atoms with van der Waals surface area (Å²) in [5.41, 5.74) is 2.39. The van der Waals surface area contributed by atoms with E-state index in [0.29, 0.717) is 16.3 Å². The lowest BCUT2D eigenvalue weighted by molar-refractivity contribution is -0.116. The van der Waals surface area contributed by atoms with Gasteiger partial charge in [-0.2, -0.15) is 0 Å². The number of nitrogens with zero attached hydrogens (tertiary/aromatic N) is 2. The Balaban J connectivity index is 1.75. The maximum atomic E-state index is 12.3. The predicted octanol–water partition coefficient (Wildman–Crippen LogP) is 1.99. The van der Waals surface area contributed by atoms with Gasteiger partial charge in [0, 0.05) is 5.38 Å². The Labute approximate surface area is 130 Å². The summed E-state index contributed by atoms with van der Waals surface area (Å²) in [7, 11) is 0. The van der Waals surface area contributed by atoms with Gasteiger partial charge in [-0.15, -0.1) is 11.3 Å². The van der Waals surface area contributed by atoms with E-state index >= 15 is 0 Å². The van der Waals surface area contributed by atoms with Crippen LogP contribution in [0.25, 0.3) is 0 Å². The molecule has 6 nitrogen and oxygen atoms in total. The summed E-state index contributed by atoms with van der Waals surface area (Å²) in [6, 6.07) is 5.05. The maximum Gasteiger partial charge on any atom is 0.262 e. The molecule has 0 unspecified atom stereocenters. The van der Waals surface area contributed by atoms with E-state index in [2.05, 4.69) is 10.3 Å². The Morgan fingerprint density at radius 1 is 1.23 bits per heavy atom. The van der Waals surface area contributed by atoms with Gasteiger partial charge in [-0.05, 0) is 26.0 Å². The molecule has 1 aliphatic rings. The van der Waals surface area contributed by atoms with Crippen LogP contribution >= 0.6 is 11.3 Å². The third kappa shape index (κ3) is 2.50. The third-order valence-corrected chi connectivity index (χ3v) is 4.17. The van der Waals surface area contributed by atoms with Crippen molar-refractivity contribution in [3.8, 4) is 0 Å². The standard InChI is InChI=1S/C15H13N3O3S/c1-8-3-4-10-11(5-8)14(21)18(13(10)20)6-12(19)17-15-16-9(2)7-22-15/h3-5,7H,6H2,1-2H3,(H,16,17,19). The van der Waals surface area contributed by atoms with Crippen molar-refractivity contribution in [1.82, 2.24) is 9.88 Å². The molecule has 0 radical (unpaired) electrons. The molecule has 0 fully saturated rings. The first-order chi connectivity index (χ1) is 10.5. The molecule has 112 valence electrons. The fraction of sp³-hybridized carbons (Fsp3) is 0.200. The zero-order chi connectivity index (χ0) is 15.9. The normalized spacial score (nSPS) is 13.5. The number of anilines is 1. The fourth-order valence-electron chi connectivity index (χ4n) is 2.26. The lowest BCUT2D eigenvalue weighted by Crippen LogP contribution is -2.37. The number of fused-ring (bicyclic) bond motifs is 1. The van der Waals surface area contributed by atoms with Gasteiger partial charge < -0.3 is 5.32 Å². The lowest BCUT2D eigenvalue weighted by atomic mass is 10.1. The van der Waals surface area contributed by atoms with Crippen molar-refractivity contribution < 1.29 is 14.4 Å². The second kappa shape index (κ2) is 5.34. The number of thiazole rings is 1. The van der Waals surface area contributed by atoms with Crippen LogP contribution < -0.4 is 5.32 Å². The third-order valence-electron chi connectivity index (χ3n) is 3.29. The van der Waals surface area contributed by atoms with E-state index in [0.717, 1.165) is 16.2 Å². The molecular formula is C15H13N3O3S. The van der Waals surface area contributed by atoms with Crippen molar-refractivity contribution >= 4 is 34.2 Å². The molecule has 3 amide bonds. The van der Waals surface area contributed by atoms with Crippen molar-refractivity contribution in [2.24, 2.45) is 0 Å². The monoisotopic (exact) mass is 315 g/mol. The van der Waals surface area contributed by atoms with Gasteiger partial charge in [-0.1, -0.05) is 11.6 Å². The molecule has 2 aromatic rings. The lowest BCUT2D eigenvalue weighted by Gasteiger charge is -2.12. The Morgan fingerprint density at radius 2 is 1.95 bits per heavy atom. The number of carbonyl (C=O) groups excluding carboxylic acids is 3. The van der Waals surface area contributed by atoms with Gasteiger partial charge in [0.1, 0.15) is 6.54 Å². The summed E-state index contributed by atoms with van der Waals surface area (Å²) in [6.45, 7) is 3.35. The first kappa shape index (κ1) is 14.4. The first-order valence-corrected chi connectivity index (χ1v) is 7.52. The topological polar surface area (TPSA) is 79.4 Å². The van der Waals surface area contributed by atoms with Gasteiger partial charge in [0.15, 0.2) is 5.13 Å². The van der Waals surface area contributed by atoms with E-state index in [9.17, 15) is 14.4 Å². The van der Waals surface area contributed by atoms with Gasteiger partial charge in [-0.3, -0.25) is 19.3 Å². The van der Waals surface area contributed by atoms with Crippen LogP contribution in [0, 0.1) is 13.8 Å². The van der Waals surface area contributed by atoms with E-state index in [-0.39, 0.29) is 6.54 Å². The largest absolute Gasteiger partial charge is 0.300 e. The number of hydrogen-bond acceptors (Lipinski definition) is 5. The van der Waals surface area contributed by atoms with Crippen LogP contribution in [0.3, 0.4) is 0 Å². The minimum Gasteiger partial charge on any atom is -0.300 e. The Hall–Kier alpha value is -2.54. The average Bonchev–Trinajstić information content (AvgIpc) is 2.96. The highest BCUT2D eigenvalue weighted by molar-refractivity contribution is 7.13. The summed E-state index contributed by atoms with van der Waals surface area (Å²) in [5, 5.41) is 4.85. The summed E-state index contributed by atoms with van der Waals surface area (Å²) in [6.07, 6.45) is 0. The SMILES string of the molecule is Cc1ccc2c(c1)C(=O)N(CC(=O)Nc1nc(C)cs1)C2=O. The Kier molecular flexibility index (Phi) is 3.50. The van der Waals surface area contributed by atoms with Gasteiger partial charge >= 0.3 is 0 Å². The summed E-state index contributed by atoms with van der Waals surface area (Å²) in [5.74, 6) is -1.32. The number of hydrogen-bond donors (Lipinski definition) is 1. The molecule has 0 saturated heterocycles. The second-order valence-corrected chi connectivity index (χ2v) is 5.95. The van der Waals surface area contributed by atoms with Crippen LogP contribution in [0.1, 0.15) is 32.0 Å². The van der Waals surface area contributed by atoms with Crippen LogP contribution in [0.4, 0.5) is 5.13 Å². The second-order valence-electron chi connectivity index (χ2n) is 5.09. The van der Waals surface area contributed by atoms with Crippen molar-refractivity contribution in [3.05, 3.63) is 46.0 Å². The highest BCUT2D eigenvalue weighted by Gasteiger charge is 2.36. The van der Waals surface area contributed by atoms with Crippen LogP contribution in [0.15, 0.2) is 23.6 Å². The van der Waals surface area contributed by atoms with Crippen LogP contribution in [-0.2, 0) is 4.79 Å². The van der Waals surface area contributed by atoms with Gasteiger partial charge in [-0.25, -0.2) is 4.98 Å². The van der Waals surface area contributed by atoms with Gasteiger partial charge in [0.2, 0.25) is 5.91 Å². The zero-order valence-electron chi connectivity index (χ0n) is 12.0. The first-order valence-electron chi connectivity index (χ1n) is 6.64. The molecule has 0 aliphatic carbocycles. The number of amides is 3. The van der Waals surface area contributed by atoms with E-state index in [1.165, 1.54) is 11.3 Å². The molecule has 0 atom stereocenters. The van der Waals surface area contributed by atoms with E-state index < -0.39 is 17.7 Å². The van der Waals surface area contributed by atoms with Crippen molar-refractivity contribution in [3.63, 3.8) is 0 Å². The maximum absolute atomic E-state index is 12.3. The number of benzene rings is 1. The molecule has 1 aromatic heterocycles. The molecule has 2 heterocycles. The molecule has 1 aromatic carbocycles. The predicted molar refractivity (Wildman–Crippen MR) is 82.0 cm³/mol. The number of rotatable bonds is 3.